The minimum Gasteiger partial charge on any atom is -0.310 e. The normalized spacial score (nSPS) is 11.4. The number of nitrogens with zero attached hydrogens (tertiary/aromatic N) is 1. The Balaban J connectivity index is 1.01. The minimum atomic E-state index is 1.09. The van der Waals surface area contributed by atoms with Gasteiger partial charge < -0.3 is 4.90 Å². The van der Waals surface area contributed by atoms with E-state index in [-0.39, 0.29) is 0 Å². The average molecular weight is 832 g/mol. The lowest BCUT2D eigenvalue weighted by molar-refractivity contribution is 1.28. The van der Waals surface area contributed by atoms with Crippen molar-refractivity contribution in [2.45, 2.75) is 0 Å². The van der Waals surface area contributed by atoms with E-state index in [1.54, 1.807) is 0 Å². The van der Waals surface area contributed by atoms with Gasteiger partial charge in [-0.3, -0.25) is 0 Å². The molecule has 300 valence electrons. The standard InChI is InChI=1S/C62H41NS/c1-2-15-45(16-3-1)53-27-12-19-47-20-13-29-56(61(47)53)55-24-6-8-30-58(55)63(50-22-10-21-48(41-50)54-28-14-32-60-62(54)57-25-7-9-31-59(57)64-60)49-39-37-43(38-40-49)42-33-35-46(36-34-42)52-26-11-18-44-17-4-5-23-51(44)52/h1-41H. The molecule has 0 fully saturated rings. The summed E-state index contributed by atoms with van der Waals surface area (Å²) < 4.78 is 2.61. The highest BCUT2D eigenvalue weighted by molar-refractivity contribution is 7.25. The molecule has 1 nitrogen and oxygen atoms in total. The van der Waals surface area contributed by atoms with Crippen molar-refractivity contribution < 1.29 is 0 Å². The Bertz CT molecular complexity index is 3650. The monoisotopic (exact) mass is 831 g/mol. The van der Waals surface area contributed by atoms with Gasteiger partial charge in [0.2, 0.25) is 0 Å². The largest absolute Gasteiger partial charge is 0.310 e. The van der Waals surface area contributed by atoms with Crippen LogP contribution in [0.15, 0.2) is 249 Å². The molecule has 0 N–H and O–H groups in total. The van der Waals surface area contributed by atoms with E-state index in [1.165, 1.54) is 97.4 Å². The van der Waals surface area contributed by atoms with Crippen LogP contribution in [0, 0.1) is 0 Å². The second-order valence-electron chi connectivity index (χ2n) is 16.4. The van der Waals surface area contributed by atoms with Crippen LogP contribution in [-0.2, 0) is 0 Å². The Morgan fingerprint density at radius 3 is 1.59 bits per heavy atom. The molecule has 0 aliphatic heterocycles. The Labute approximate surface area is 377 Å². The Morgan fingerprint density at radius 2 is 0.781 bits per heavy atom. The van der Waals surface area contributed by atoms with Gasteiger partial charge in [0.15, 0.2) is 0 Å². The summed E-state index contributed by atoms with van der Waals surface area (Å²) in [5.74, 6) is 0. The van der Waals surface area contributed by atoms with Gasteiger partial charge in [0.25, 0.3) is 0 Å². The van der Waals surface area contributed by atoms with E-state index in [4.69, 9.17) is 0 Å². The first kappa shape index (κ1) is 37.7. The third-order valence-electron chi connectivity index (χ3n) is 12.7. The molecule has 64 heavy (non-hydrogen) atoms. The summed E-state index contributed by atoms with van der Waals surface area (Å²) >= 11 is 1.86. The highest BCUT2D eigenvalue weighted by Crippen LogP contribution is 2.47. The van der Waals surface area contributed by atoms with E-state index in [0.717, 1.165) is 17.1 Å². The zero-order valence-corrected chi connectivity index (χ0v) is 35.8. The van der Waals surface area contributed by atoms with Gasteiger partial charge in [-0.15, -0.1) is 11.3 Å². The van der Waals surface area contributed by atoms with Gasteiger partial charge in [-0.2, -0.15) is 0 Å². The summed E-state index contributed by atoms with van der Waals surface area (Å²) in [6.45, 7) is 0. The molecule has 12 rings (SSSR count). The predicted molar refractivity (Wildman–Crippen MR) is 276 cm³/mol. The molecule has 2 heteroatoms. The van der Waals surface area contributed by atoms with E-state index < -0.39 is 0 Å². The zero-order chi connectivity index (χ0) is 42.4. The van der Waals surface area contributed by atoms with Crippen LogP contribution in [0.4, 0.5) is 17.1 Å². The molecular formula is C62H41NS. The fourth-order valence-electron chi connectivity index (χ4n) is 9.70. The third kappa shape index (κ3) is 6.64. The number of rotatable bonds is 8. The zero-order valence-electron chi connectivity index (χ0n) is 35.0. The minimum absolute atomic E-state index is 1.09. The van der Waals surface area contributed by atoms with Crippen molar-refractivity contribution >= 4 is 70.1 Å². The van der Waals surface area contributed by atoms with Gasteiger partial charge >= 0.3 is 0 Å². The van der Waals surface area contributed by atoms with Crippen molar-refractivity contribution in [3.05, 3.63) is 249 Å². The number of fused-ring (bicyclic) bond motifs is 5. The van der Waals surface area contributed by atoms with Gasteiger partial charge in [0.05, 0.1) is 5.69 Å². The van der Waals surface area contributed by atoms with Crippen LogP contribution in [0.5, 0.6) is 0 Å². The first-order chi connectivity index (χ1) is 31.7. The number of hydrogen-bond donors (Lipinski definition) is 0. The quantitative estimate of drug-likeness (QED) is 0.147. The predicted octanol–water partition coefficient (Wildman–Crippen LogP) is 18.2. The molecular weight excluding hydrogens is 791 g/mol. The summed E-state index contributed by atoms with van der Waals surface area (Å²) in [5, 5.41) is 7.60. The Hall–Kier alpha value is -8.04. The molecule has 0 saturated heterocycles. The van der Waals surface area contributed by atoms with Crippen LogP contribution in [0.1, 0.15) is 0 Å². The highest BCUT2D eigenvalue weighted by Gasteiger charge is 2.21. The maximum absolute atomic E-state index is 2.45. The lowest BCUT2D eigenvalue weighted by Gasteiger charge is -2.29. The smallest absolute Gasteiger partial charge is 0.0540 e. The Kier molecular flexibility index (Phi) is 9.43. The van der Waals surface area contributed by atoms with Crippen molar-refractivity contribution in [3.63, 3.8) is 0 Å². The van der Waals surface area contributed by atoms with Crippen molar-refractivity contribution in [2.75, 3.05) is 4.90 Å². The molecule has 1 aromatic heterocycles. The molecule has 1 heterocycles. The van der Waals surface area contributed by atoms with Gasteiger partial charge in [-0.05, 0) is 114 Å². The van der Waals surface area contributed by atoms with Gasteiger partial charge in [0.1, 0.15) is 0 Å². The van der Waals surface area contributed by atoms with Crippen LogP contribution in [0.2, 0.25) is 0 Å². The van der Waals surface area contributed by atoms with Crippen LogP contribution in [-0.4, -0.2) is 0 Å². The van der Waals surface area contributed by atoms with E-state index in [2.05, 4.69) is 254 Å². The van der Waals surface area contributed by atoms with Crippen molar-refractivity contribution in [3.8, 4) is 55.6 Å². The second-order valence-corrected chi connectivity index (χ2v) is 17.5. The maximum atomic E-state index is 2.45. The first-order valence-corrected chi connectivity index (χ1v) is 22.7. The average Bonchev–Trinajstić information content (AvgIpc) is 3.76. The second kappa shape index (κ2) is 16.0. The van der Waals surface area contributed by atoms with Crippen molar-refractivity contribution in [2.24, 2.45) is 0 Å². The topological polar surface area (TPSA) is 3.24 Å². The van der Waals surface area contributed by atoms with Crippen LogP contribution >= 0.6 is 11.3 Å². The Morgan fingerprint density at radius 1 is 0.266 bits per heavy atom. The summed E-state index contributed by atoms with van der Waals surface area (Å²) in [6.07, 6.45) is 0. The van der Waals surface area contributed by atoms with Gasteiger partial charge in [0, 0.05) is 37.1 Å². The summed E-state index contributed by atoms with van der Waals surface area (Å²) in [4.78, 5) is 2.45. The molecule has 0 aliphatic carbocycles. The molecule has 0 aliphatic rings. The van der Waals surface area contributed by atoms with E-state index >= 15 is 0 Å². The molecule has 11 aromatic carbocycles. The molecule has 0 bridgehead atoms. The van der Waals surface area contributed by atoms with Crippen LogP contribution < -0.4 is 4.90 Å². The van der Waals surface area contributed by atoms with Crippen LogP contribution in [0.3, 0.4) is 0 Å². The number of para-hydroxylation sites is 1. The molecule has 0 radical (unpaired) electrons. The van der Waals surface area contributed by atoms with Crippen LogP contribution in [0.25, 0.3) is 97.4 Å². The number of benzene rings is 11. The summed E-state index contributed by atoms with van der Waals surface area (Å²) in [7, 11) is 0. The molecule has 0 atom stereocenters. The molecule has 0 amide bonds. The molecule has 0 unspecified atom stereocenters. The number of thiophene rings is 1. The van der Waals surface area contributed by atoms with E-state index in [0.29, 0.717) is 0 Å². The maximum Gasteiger partial charge on any atom is 0.0540 e. The fourth-order valence-corrected chi connectivity index (χ4v) is 10.8. The summed E-state index contributed by atoms with van der Waals surface area (Å²) in [6, 6.07) is 91.0. The SMILES string of the molecule is c1ccc(-c2cccc3cccc(-c4ccccc4N(c4ccc(-c5ccc(-c6cccc7ccccc67)cc5)cc4)c4cccc(-c5cccc6sc7ccccc7c56)c4)c23)cc1. The van der Waals surface area contributed by atoms with E-state index in [9.17, 15) is 0 Å². The lowest BCUT2D eigenvalue weighted by atomic mass is 9.90. The first-order valence-electron chi connectivity index (χ1n) is 21.9. The van der Waals surface area contributed by atoms with Crippen molar-refractivity contribution in [1.29, 1.82) is 0 Å². The lowest BCUT2D eigenvalue weighted by Crippen LogP contribution is -2.11. The third-order valence-corrected chi connectivity index (χ3v) is 13.8. The summed E-state index contributed by atoms with van der Waals surface area (Å²) in [5.41, 5.74) is 15.4. The number of anilines is 3. The van der Waals surface area contributed by atoms with Gasteiger partial charge in [-0.1, -0.05) is 206 Å². The number of hydrogen-bond acceptors (Lipinski definition) is 2. The van der Waals surface area contributed by atoms with Gasteiger partial charge in [-0.25, -0.2) is 0 Å². The molecule has 12 aromatic rings. The molecule has 0 spiro atoms. The fraction of sp³-hybridized carbons (Fsp3) is 0. The highest BCUT2D eigenvalue weighted by atomic mass is 32.1. The molecule has 0 saturated carbocycles. The van der Waals surface area contributed by atoms with E-state index in [1.807, 2.05) is 11.3 Å². The van der Waals surface area contributed by atoms with Crippen molar-refractivity contribution in [1.82, 2.24) is 0 Å².